The molecule has 0 radical (unpaired) electrons. The number of likely N-dealkylation sites (tertiary alicyclic amines) is 1. The molecule has 1 aliphatic rings. The van der Waals surface area contributed by atoms with Crippen molar-refractivity contribution in [2.75, 3.05) is 25.5 Å². The van der Waals surface area contributed by atoms with Gasteiger partial charge in [0.05, 0.1) is 23.9 Å². The highest BCUT2D eigenvalue weighted by molar-refractivity contribution is 6.07. The maximum atomic E-state index is 14.0. The Morgan fingerprint density at radius 1 is 1.17 bits per heavy atom. The number of nitrogens with zero attached hydrogens (tertiary/aromatic N) is 2. The molecule has 0 unspecified atom stereocenters. The number of hydrogen-bond donors (Lipinski definition) is 1. The second kappa shape index (κ2) is 8.07. The summed E-state index contributed by atoms with van der Waals surface area (Å²) in [5, 5.41) is 4.05. The quantitative estimate of drug-likeness (QED) is 0.677. The molecule has 1 fully saturated rings. The summed E-state index contributed by atoms with van der Waals surface area (Å²) in [6.07, 6.45) is 3.61. The monoisotopic (exact) mass is 393 g/mol. The molecule has 1 N–H and O–H groups in total. The average molecular weight is 393 g/mol. The number of amides is 1. The second-order valence-corrected chi connectivity index (χ2v) is 7.35. The molecule has 0 saturated carbocycles. The maximum Gasteiger partial charge on any atom is 0.257 e. The summed E-state index contributed by atoms with van der Waals surface area (Å²) in [6.45, 7) is 3.50. The third-order valence-electron chi connectivity index (χ3n) is 5.43. The molecule has 4 rings (SSSR count). The molecule has 1 saturated heterocycles. The molecule has 5 nitrogen and oxygen atoms in total. The molecule has 150 valence electrons. The summed E-state index contributed by atoms with van der Waals surface area (Å²) in [5.74, 6) is 0.359. The van der Waals surface area contributed by atoms with Gasteiger partial charge in [0.15, 0.2) is 0 Å². The number of nitrogens with one attached hydrogen (secondary N) is 1. The van der Waals surface area contributed by atoms with E-state index in [1.807, 2.05) is 36.1 Å². The fourth-order valence-electron chi connectivity index (χ4n) is 3.77. The van der Waals surface area contributed by atoms with Crippen molar-refractivity contribution in [2.24, 2.45) is 0 Å². The Kier molecular flexibility index (Phi) is 5.34. The van der Waals surface area contributed by atoms with Crippen LogP contribution in [-0.2, 0) is 0 Å². The number of carbonyl (C=O) groups is 1. The largest absolute Gasteiger partial charge is 0.497 e. The highest BCUT2D eigenvalue weighted by Crippen LogP contribution is 2.32. The first-order chi connectivity index (χ1) is 14.1. The van der Waals surface area contributed by atoms with E-state index in [0.717, 1.165) is 37.2 Å². The van der Waals surface area contributed by atoms with Gasteiger partial charge in [-0.2, -0.15) is 0 Å². The summed E-state index contributed by atoms with van der Waals surface area (Å²) in [7, 11) is 1.63. The van der Waals surface area contributed by atoms with E-state index < -0.39 is 0 Å². The normalized spacial score (nSPS) is 14.8. The first kappa shape index (κ1) is 19.2. The van der Waals surface area contributed by atoms with Crippen LogP contribution in [0.3, 0.4) is 0 Å². The van der Waals surface area contributed by atoms with Crippen molar-refractivity contribution >= 4 is 22.5 Å². The van der Waals surface area contributed by atoms with E-state index in [0.29, 0.717) is 22.2 Å². The van der Waals surface area contributed by atoms with E-state index in [2.05, 4.69) is 10.3 Å². The Balaban J connectivity index is 1.75. The van der Waals surface area contributed by atoms with Gasteiger partial charge >= 0.3 is 0 Å². The number of carbonyl (C=O) groups excluding carboxylic acids is 1. The lowest BCUT2D eigenvalue weighted by atomic mass is 10.0. The summed E-state index contributed by atoms with van der Waals surface area (Å²) < 4.78 is 19.3. The molecule has 29 heavy (non-hydrogen) atoms. The van der Waals surface area contributed by atoms with Gasteiger partial charge in [-0.3, -0.25) is 9.78 Å². The van der Waals surface area contributed by atoms with Crippen LogP contribution in [0.4, 0.5) is 10.1 Å². The Labute approximate surface area is 169 Å². The third kappa shape index (κ3) is 3.88. The molecular formula is C23H24FN3O2. The highest BCUT2D eigenvalue weighted by atomic mass is 19.1. The number of ether oxygens (including phenoxy) is 1. The number of benzene rings is 2. The van der Waals surface area contributed by atoms with Crippen molar-refractivity contribution < 1.29 is 13.9 Å². The minimum atomic E-state index is -0.356. The van der Waals surface area contributed by atoms with E-state index in [9.17, 15) is 9.18 Å². The number of anilines is 1. The van der Waals surface area contributed by atoms with Crippen LogP contribution in [0.5, 0.6) is 5.75 Å². The number of hydrogen-bond acceptors (Lipinski definition) is 4. The number of methoxy groups -OCH3 is 1. The van der Waals surface area contributed by atoms with Crippen LogP contribution < -0.4 is 10.1 Å². The predicted octanol–water partition coefficient (Wildman–Crippen LogP) is 4.79. The van der Waals surface area contributed by atoms with Gasteiger partial charge in [-0.25, -0.2) is 4.39 Å². The van der Waals surface area contributed by atoms with Gasteiger partial charge in [0, 0.05) is 30.7 Å². The second-order valence-electron chi connectivity index (χ2n) is 7.35. The van der Waals surface area contributed by atoms with Crippen LogP contribution in [0, 0.1) is 5.82 Å². The van der Waals surface area contributed by atoms with Crippen LogP contribution in [0.25, 0.3) is 10.9 Å². The molecule has 0 aliphatic carbocycles. The minimum Gasteiger partial charge on any atom is -0.497 e. The van der Waals surface area contributed by atoms with Crippen molar-refractivity contribution in [1.29, 1.82) is 0 Å². The predicted molar refractivity (Wildman–Crippen MR) is 112 cm³/mol. The lowest BCUT2D eigenvalue weighted by Gasteiger charge is -2.22. The lowest BCUT2D eigenvalue weighted by Crippen LogP contribution is -2.28. The highest BCUT2D eigenvalue weighted by Gasteiger charge is 2.24. The maximum absolute atomic E-state index is 14.0. The number of aromatic nitrogens is 1. The Bertz CT molecular complexity index is 1030. The van der Waals surface area contributed by atoms with Crippen molar-refractivity contribution in [3.05, 3.63) is 65.6 Å². The minimum absolute atomic E-state index is 0.0643. The van der Waals surface area contributed by atoms with Gasteiger partial charge < -0.3 is 15.0 Å². The molecule has 6 heteroatoms. The van der Waals surface area contributed by atoms with Gasteiger partial charge in [0.25, 0.3) is 5.91 Å². The van der Waals surface area contributed by atoms with Crippen molar-refractivity contribution in [1.82, 2.24) is 9.88 Å². The molecule has 0 spiro atoms. The number of fused-ring (bicyclic) bond motifs is 1. The van der Waals surface area contributed by atoms with Gasteiger partial charge in [0.1, 0.15) is 11.6 Å². The summed E-state index contributed by atoms with van der Waals surface area (Å²) in [6, 6.07) is 12.1. The molecule has 2 aromatic carbocycles. The molecular weight excluding hydrogens is 369 g/mol. The van der Waals surface area contributed by atoms with Gasteiger partial charge in [0.2, 0.25) is 0 Å². The van der Waals surface area contributed by atoms with Crippen molar-refractivity contribution in [2.45, 2.75) is 25.8 Å². The fraction of sp³-hybridized carbons (Fsp3) is 0.304. The zero-order chi connectivity index (χ0) is 20.4. The van der Waals surface area contributed by atoms with Gasteiger partial charge in [-0.05, 0) is 55.7 Å². The van der Waals surface area contributed by atoms with E-state index >= 15 is 0 Å². The Morgan fingerprint density at radius 3 is 2.59 bits per heavy atom. The summed E-state index contributed by atoms with van der Waals surface area (Å²) >= 11 is 0. The molecule has 2 heterocycles. The van der Waals surface area contributed by atoms with E-state index in [4.69, 9.17) is 4.74 Å². The smallest absolute Gasteiger partial charge is 0.257 e. The zero-order valence-electron chi connectivity index (χ0n) is 16.6. The lowest BCUT2D eigenvalue weighted by molar-refractivity contribution is 0.0793. The first-order valence-corrected chi connectivity index (χ1v) is 9.85. The summed E-state index contributed by atoms with van der Waals surface area (Å²) in [4.78, 5) is 19.4. The standard InChI is InChI=1S/C23H24FN3O2/c1-15(16-5-8-18(29-2)9-6-16)26-22-19-13-17(24)7-10-21(19)25-14-20(22)23(28)27-11-3-4-12-27/h5-10,13-15H,3-4,11-12H2,1-2H3,(H,25,26)/t15-/m1/s1. The SMILES string of the molecule is COc1ccc([C@@H](C)Nc2c(C(=O)N3CCCC3)cnc3ccc(F)cc23)cc1. The van der Waals surface area contributed by atoms with Crippen molar-refractivity contribution in [3.8, 4) is 5.75 Å². The Morgan fingerprint density at radius 2 is 1.90 bits per heavy atom. The topological polar surface area (TPSA) is 54.5 Å². The number of pyridine rings is 1. The first-order valence-electron chi connectivity index (χ1n) is 9.85. The zero-order valence-corrected chi connectivity index (χ0v) is 16.6. The van der Waals surface area contributed by atoms with E-state index in [1.54, 1.807) is 19.4 Å². The molecule has 1 aliphatic heterocycles. The summed E-state index contributed by atoms with van der Waals surface area (Å²) in [5.41, 5.74) is 2.78. The number of rotatable bonds is 5. The molecule has 1 aromatic heterocycles. The van der Waals surface area contributed by atoms with Crippen LogP contribution >= 0.6 is 0 Å². The van der Waals surface area contributed by atoms with Crippen LogP contribution in [-0.4, -0.2) is 36.0 Å². The average Bonchev–Trinajstić information content (AvgIpc) is 3.28. The fourth-order valence-corrected chi connectivity index (χ4v) is 3.77. The van der Waals surface area contributed by atoms with Crippen LogP contribution in [0.15, 0.2) is 48.7 Å². The van der Waals surface area contributed by atoms with Crippen molar-refractivity contribution in [3.63, 3.8) is 0 Å². The Hall–Kier alpha value is -3.15. The molecule has 0 bridgehead atoms. The van der Waals surface area contributed by atoms with E-state index in [1.165, 1.54) is 12.1 Å². The van der Waals surface area contributed by atoms with Gasteiger partial charge in [-0.1, -0.05) is 12.1 Å². The van der Waals surface area contributed by atoms with E-state index in [-0.39, 0.29) is 17.8 Å². The van der Waals surface area contributed by atoms with Crippen LogP contribution in [0.2, 0.25) is 0 Å². The molecule has 1 amide bonds. The van der Waals surface area contributed by atoms with Crippen LogP contribution in [0.1, 0.15) is 41.7 Å². The number of halogens is 1. The van der Waals surface area contributed by atoms with Gasteiger partial charge in [-0.15, -0.1) is 0 Å². The molecule has 3 aromatic rings. The molecule has 1 atom stereocenters. The third-order valence-corrected chi connectivity index (χ3v) is 5.43.